The Kier molecular flexibility index (Phi) is 3.89. The van der Waals surface area contributed by atoms with E-state index in [9.17, 15) is 0 Å². The van der Waals surface area contributed by atoms with Crippen LogP contribution >= 0.6 is 11.8 Å². The van der Waals surface area contributed by atoms with Crippen LogP contribution in [0.25, 0.3) is 11.3 Å². The summed E-state index contributed by atoms with van der Waals surface area (Å²) in [6.07, 6.45) is 8.00. The molecule has 0 amide bonds. The Labute approximate surface area is 168 Å². The zero-order valence-electron chi connectivity index (χ0n) is 15.7. The molecule has 0 unspecified atom stereocenters. The van der Waals surface area contributed by atoms with Crippen LogP contribution in [-0.2, 0) is 11.2 Å². The fourth-order valence-corrected chi connectivity index (χ4v) is 6.75. The van der Waals surface area contributed by atoms with Gasteiger partial charge in [0.25, 0.3) is 5.22 Å². The van der Waals surface area contributed by atoms with Crippen LogP contribution < -0.4 is 0 Å². The Morgan fingerprint density at radius 3 is 2.39 bits per heavy atom. The molecule has 6 heteroatoms. The number of aromatic nitrogens is 3. The van der Waals surface area contributed by atoms with E-state index >= 15 is 0 Å². The maximum absolute atomic E-state index is 6.16. The summed E-state index contributed by atoms with van der Waals surface area (Å²) < 4.78 is 11.6. The summed E-state index contributed by atoms with van der Waals surface area (Å²) in [5.41, 5.74) is 2.08. The molecule has 0 saturated heterocycles. The molecular weight excluding hydrogens is 370 g/mol. The maximum Gasteiger partial charge on any atom is 0.276 e. The van der Waals surface area contributed by atoms with E-state index in [4.69, 9.17) is 8.94 Å². The second-order valence-electron chi connectivity index (χ2n) is 8.91. The van der Waals surface area contributed by atoms with E-state index in [-0.39, 0.29) is 5.41 Å². The maximum atomic E-state index is 6.16. The van der Waals surface area contributed by atoms with E-state index in [0.717, 1.165) is 40.7 Å². The van der Waals surface area contributed by atoms with Gasteiger partial charge in [-0.2, -0.15) is 0 Å². The predicted octanol–water partition coefficient (Wildman–Crippen LogP) is 5.48. The highest BCUT2D eigenvalue weighted by atomic mass is 32.2. The average Bonchev–Trinajstić information content (AvgIpc) is 3.36. The topological polar surface area (TPSA) is 65.0 Å². The molecule has 0 N–H and O–H groups in total. The first-order chi connectivity index (χ1) is 13.8. The number of thioether (sulfide) groups is 1. The number of hydrogen-bond donors (Lipinski definition) is 0. The molecule has 0 spiro atoms. The standard InChI is InChI=1S/C22H23N3O2S/c1-2-4-17(5-3-1)19-9-18(25-27-19)13-28-21-24-23-20(26-21)22-10-14-6-15(11-22)8-16(7-14)12-22/h1-5,9,14-16H,6-8,10-13H2. The van der Waals surface area contributed by atoms with Gasteiger partial charge in [0.05, 0.1) is 5.69 Å². The minimum absolute atomic E-state index is 0.162. The molecule has 2 heterocycles. The molecule has 0 radical (unpaired) electrons. The van der Waals surface area contributed by atoms with Crippen LogP contribution in [0.5, 0.6) is 0 Å². The van der Waals surface area contributed by atoms with Crippen molar-refractivity contribution in [3.05, 3.63) is 48.0 Å². The van der Waals surface area contributed by atoms with Crippen LogP contribution in [-0.4, -0.2) is 15.4 Å². The Balaban J connectivity index is 1.15. The van der Waals surface area contributed by atoms with Crippen molar-refractivity contribution in [1.29, 1.82) is 0 Å². The predicted molar refractivity (Wildman–Crippen MR) is 106 cm³/mol. The van der Waals surface area contributed by atoms with Gasteiger partial charge in [0.1, 0.15) is 0 Å². The molecule has 7 rings (SSSR count). The molecule has 0 atom stereocenters. The lowest BCUT2D eigenvalue weighted by molar-refractivity contribution is -0.0191. The summed E-state index contributed by atoms with van der Waals surface area (Å²) in [6.45, 7) is 0. The molecule has 2 aromatic heterocycles. The van der Waals surface area contributed by atoms with Crippen LogP contribution in [0.3, 0.4) is 0 Å². The molecule has 4 aliphatic rings. The van der Waals surface area contributed by atoms with Crippen molar-refractivity contribution in [2.24, 2.45) is 17.8 Å². The van der Waals surface area contributed by atoms with Gasteiger partial charge in [-0.25, -0.2) is 0 Å². The molecule has 28 heavy (non-hydrogen) atoms. The van der Waals surface area contributed by atoms with E-state index in [1.165, 1.54) is 38.5 Å². The summed E-state index contributed by atoms with van der Waals surface area (Å²) in [5.74, 6) is 4.97. The summed E-state index contributed by atoms with van der Waals surface area (Å²) in [7, 11) is 0. The number of benzene rings is 1. The number of nitrogens with zero attached hydrogens (tertiary/aromatic N) is 3. The normalized spacial score (nSPS) is 30.8. The molecule has 4 bridgehead atoms. The molecule has 4 saturated carbocycles. The highest BCUT2D eigenvalue weighted by Gasteiger charge is 2.54. The third kappa shape index (κ3) is 2.89. The van der Waals surface area contributed by atoms with Crippen molar-refractivity contribution < 1.29 is 8.94 Å². The van der Waals surface area contributed by atoms with E-state index in [1.54, 1.807) is 11.8 Å². The Hall–Kier alpha value is -2.08. The minimum atomic E-state index is 0.162. The molecular formula is C22H23N3O2S. The highest BCUT2D eigenvalue weighted by Crippen LogP contribution is 2.60. The van der Waals surface area contributed by atoms with Crippen LogP contribution in [0.15, 0.2) is 50.6 Å². The van der Waals surface area contributed by atoms with Crippen molar-refractivity contribution in [2.75, 3.05) is 0 Å². The lowest BCUT2D eigenvalue weighted by atomic mass is 9.49. The first-order valence-corrected chi connectivity index (χ1v) is 11.2. The first-order valence-electron chi connectivity index (χ1n) is 10.2. The fourth-order valence-electron chi connectivity index (χ4n) is 6.11. The zero-order chi connectivity index (χ0) is 18.6. The van der Waals surface area contributed by atoms with Crippen molar-refractivity contribution in [3.63, 3.8) is 0 Å². The lowest BCUT2D eigenvalue weighted by Gasteiger charge is -2.55. The van der Waals surface area contributed by atoms with Gasteiger partial charge in [0.15, 0.2) is 5.76 Å². The van der Waals surface area contributed by atoms with Gasteiger partial charge in [0, 0.05) is 22.8 Å². The minimum Gasteiger partial charge on any atom is -0.415 e. The van der Waals surface area contributed by atoms with Gasteiger partial charge >= 0.3 is 0 Å². The van der Waals surface area contributed by atoms with Crippen molar-refractivity contribution >= 4 is 11.8 Å². The van der Waals surface area contributed by atoms with Gasteiger partial charge in [-0.1, -0.05) is 47.3 Å². The van der Waals surface area contributed by atoms with Gasteiger partial charge < -0.3 is 8.94 Å². The monoisotopic (exact) mass is 393 g/mol. The number of rotatable bonds is 5. The highest BCUT2D eigenvalue weighted by molar-refractivity contribution is 7.98. The first kappa shape index (κ1) is 16.8. The van der Waals surface area contributed by atoms with Crippen LogP contribution in [0, 0.1) is 17.8 Å². The van der Waals surface area contributed by atoms with Gasteiger partial charge in [0.2, 0.25) is 5.89 Å². The van der Waals surface area contributed by atoms with Gasteiger partial charge in [-0.15, -0.1) is 10.2 Å². The van der Waals surface area contributed by atoms with E-state index in [1.807, 2.05) is 36.4 Å². The second-order valence-corrected chi connectivity index (χ2v) is 9.83. The van der Waals surface area contributed by atoms with Crippen LogP contribution in [0.2, 0.25) is 0 Å². The second kappa shape index (κ2) is 6.48. The average molecular weight is 394 g/mol. The Morgan fingerprint density at radius 2 is 1.68 bits per heavy atom. The molecule has 5 nitrogen and oxygen atoms in total. The third-order valence-electron chi connectivity index (χ3n) is 6.86. The van der Waals surface area contributed by atoms with Gasteiger partial charge in [-0.3, -0.25) is 0 Å². The number of hydrogen-bond acceptors (Lipinski definition) is 6. The van der Waals surface area contributed by atoms with Crippen molar-refractivity contribution in [3.8, 4) is 11.3 Å². The smallest absolute Gasteiger partial charge is 0.276 e. The van der Waals surface area contributed by atoms with E-state index in [0.29, 0.717) is 11.0 Å². The van der Waals surface area contributed by atoms with E-state index in [2.05, 4.69) is 15.4 Å². The summed E-state index contributed by atoms with van der Waals surface area (Å²) >= 11 is 1.54. The largest absolute Gasteiger partial charge is 0.415 e. The summed E-state index contributed by atoms with van der Waals surface area (Å²) in [6, 6.07) is 12.0. The third-order valence-corrected chi connectivity index (χ3v) is 7.71. The summed E-state index contributed by atoms with van der Waals surface area (Å²) in [5, 5.41) is 13.7. The molecule has 4 fully saturated rings. The van der Waals surface area contributed by atoms with Crippen molar-refractivity contribution in [2.45, 2.75) is 54.9 Å². The molecule has 0 aliphatic heterocycles. The molecule has 144 valence electrons. The Bertz CT molecular complexity index is 945. The van der Waals surface area contributed by atoms with Crippen LogP contribution in [0.4, 0.5) is 0 Å². The van der Waals surface area contributed by atoms with Gasteiger partial charge in [-0.05, 0) is 56.3 Å². The SMILES string of the molecule is c1ccc(-c2cc(CSc3nnc(C45CC6CC(CC(C6)C4)C5)o3)no2)cc1. The lowest BCUT2D eigenvalue weighted by Crippen LogP contribution is -2.48. The molecule has 4 aliphatic carbocycles. The van der Waals surface area contributed by atoms with E-state index < -0.39 is 0 Å². The van der Waals surface area contributed by atoms with Crippen molar-refractivity contribution in [1.82, 2.24) is 15.4 Å². The summed E-state index contributed by atoms with van der Waals surface area (Å²) in [4.78, 5) is 0. The molecule has 3 aromatic rings. The Morgan fingerprint density at radius 1 is 0.964 bits per heavy atom. The quantitative estimate of drug-likeness (QED) is 0.535. The zero-order valence-corrected chi connectivity index (χ0v) is 16.5. The molecule has 1 aromatic carbocycles. The van der Waals surface area contributed by atoms with Crippen LogP contribution in [0.1, 0.15) is 50.1 Å². The fraction of sp³-hybridized carbons (Fsp3) is 0.500.